The van der Waals surface area contributed by atoms with Gasteiger partial charge in [0.15, 0.2) is 0 Å². The molecule has 26 heavy (non-hydrogen) atoms. The lowest BCUT2D eigenvalue weighted by molar-refractivity contribution is 0.0837. The third-order valence-electron chi connectivity index (χ3n) is 5.75. The molecule has 1 saturated heterocycles. The largest absolute Gasteiger partial charge is 0.397 e. The number of benzene rings is 1. The summed E-state index contributed by atoms with van der Waals surface area (Å²) in [6.45, 7) is 3.81. The molecule has 1 aromatic rings. The summed E-state index contributed by atoms with van der Waals surface area (Å²) >= 11 is 0. The van der Waals surface area contributed by atoms with E-state index in [1.54, 1.807) is 6.07 Å². The number of carbonyl (C=O) groups excluding carboxylic acids is 1. The first kappa shape index (κ1) is 18.8. The highest BCUT2D eigenvalue weighted by molar-refractivity contribution is 6.02. The fourth-order valence-electron chi connectivity index (χ4n) is 4.14. The Morgan fingerprint density at radius 2 is 2.08 bits per heavy atom. The van der Waals surface area contributed by atoms with Gasteiger partial charge in [0.25, 0.3) is 5.91 Å². The number of rotatable bonds is 5. The highest BCUT2D eigenvalue weighted by Crippen LogP contribution is 2.34. The van der Waals surface area contributed by atoms with Crippen molar-refractivity contribution in [3.8, 4) is 0 Å². The van der Waals surface area contributed by atoms with E-state index in [4.69, 9.17) is 5.73 Å². The van der Waals surface area contributed by atoms with Gasteiger partial charge in [0, 0.05) is 26.7 Å². The van der Waals surface area contributed by atoms with E-state index < -0.39 is 5.60 Å². The Morgan fingerprint density at radius 1 is 1.35 bits per heavy atom. The van der Waals surface area contributed by atoms with Gasteiger partial charge in [-0.2, -0.15) is 0 Å². The molecule has 1 heterocycles. The predicted molar refractivity (Wildman–Crippen MR) is 107 cm³/mol. The van der Waals surface area contributed by atoms with Gasteiger partial charge in [-0.1, -0.05) is 19.3 Å². The average Bonchev–Trinajstić information content (AvgIpc) is 3.00. The van der Waals surface area contributed by atoms with Crippen molar-refractivity contribution in [3.63, 3.8) is 0 Å². The number of carbonyl (C=O) groups is 1. The van der Waals surface area contributed by atoms with Crippen LogP contribution in [0.1, 0.15) is 55.8 Å². The highest BCUT2D eigenvalue weighted by Gasteiger charge is 2.33. The van der Waals surface area contributed by atoms with E-state index in [2.05, 4.69) is 15.5 Å². The third kappa shape index (κ3) is 4.23. The molecule has 2 fully saturated rings. The van der Waals surface area contributed by atoms with Crippen molar-refractivity contribution < 1.29 is 9.90 Å². The minimum absolute atomic E-state index is 0.0773. The topological polar surface area (TPSA) is 90.6 Å². The maximum atomic E-state index is 12.9. The fraction of sp³-hybridized carbons (Fsp3) is 0.650. The van der Waals surface area contributed by atoms with Crippen LogP contribution >= 0.6 is 0 Å². The molecular formula is C20H32N4O2. The van der Waals surface area contributed by atoms with Crippen molar-refractivity contribution in [3.05, 3.63) is 17.7 Å². The number of aliphatic hydroxyl groups is 1. The number of amides is 1. The molecule has 6 nitrogen and oxygen atoms in total. The molecule has 1 saturated carbocycles. The summed E-state index contributed by atoms with van der Waals surface area (Å²) in [4.78, 5) is 15.0. The van der Waals surface area contributed by atoms with Crippen LogP contribution in [0.15, 0.2) is 12.1 Å². The molecule has 1 amide bonds. The lowest BCUT2D eigenvalue weighted by Gasteiger charge is -2.26. The molecule has 0 radical (unpaired) electrons. The molecule has 1 atom stereocenters. The van der Waals surface area contributed by atoms with E-state index in [-0.39, 0.29) is 5.91 Å². The molecule has 0 bridgehead atoms. The Labute approximate surface area is 156 Å². The Bertz CT molecular complexity index is 653. The lowest BCUT2D eigenvalue weighted by atomic mass is 9.89. The van der Waals surface area contributed by atoms with E-state index in [9.17, 15) is 9.90 Å². The monoisotopic (exact) mass is 360 g/mol. The number of nitrogen functional groups attached to an aromatic ring is 1. The summed E-state index contributed by atoms with van der Waals surface area (Å²) in [5.74, 6) is 0.504. The van der Waals surface area contributed by atoms with Crippen molar-refractivity contribution >= 4 is 23.0 Å². The number of nitrogens with two attached hydrogens (primary N) is 1. The second-order valence-corrected chi connectivity index (χ2v) is 8.09. The molecule has 1 unspecified atom stereocenters. The summed E-state index contributed by atoms with van der Waals surface area (Å²) in [5, 5.41) is 16.5. The Morgan fingerprint density at radius 3 is 2.69 bits per heavy atom. The number of β-amino-alcohol motifs (C(OH)–C–C–N with tert-alkyl or cyclic N) is 1. The summed E-state index contributed by atoms with van der Waals surface area (Å²) < 4.78 is 0. The van der Waals surface area contributed by atoms with Crippen LogP contribution in [0, 0.1) is 5.92 Å². The first-order valence-corrected chi connectivity index (χ1v) is 9.76. The molecule has 0 spiro atoms. The SMILES string of the molecule is CNc1cc(N2CCC(C)(O)C2)c(C(=O)NCC2CCCCC2)cc1N. The van der Waals surface area contributed by atoms with E-state index in [0.717, 1.165) is 24.5 Å². The standard InChI is InChI=1S/C20H32N4O2/c1-20(26)8-9-24(13-20)18-11-17(22-2)16(21)10-15(18)19(25)23-12-14-6-4-3-5-7-14/h10-11,14,22,26H,3-9,12-13,21H2,1-2H3,(H,23,25). The lowest BCUT2D eigenvalue weighted by Crippen LogP contribution is -2.33. The van der Waals surface area contributed by atoms with Crippen LogP contribution in [0.3, 0.4) is 0 Å². The van der Waals surface area contributed by atoms with Crippen molar-refractivity contribution in [1.29, 1.82) is 0 Å². The number of nitrogens with zero attached hydrogens (tertiary/aromatic N) is 1. The third-order valence-corrected chi connectivity index (χ3v) is 5.75. The second-order valence-electron chi connectivity index (χ2n) is 8.09. The van der Waals surface area contributed by atoms with Gasteiger partial charge < -0.3 is 26.4 Å². The number of hydrogen-bond acceptors (Lipinski definition) is 5. The van der Waals surface area contributed by atoms with Crippen LogP contribution in [0.2, 0.25) is 0 Å². The van der Waals surface area contributed by atoms with Gasteiger partial charge in [0.05, 0.1) is 28.2 Å². The smallest absolute Gasteiger partial charge is 0.253 e. The number of hydrogen-bond donors (Lipinski definition) is 4. The molecule has 1 aliphatic heterocycles. The summed E-state index contributed by atoms with van der Waals surface area (Å²) in [5.41, 5.74) is 8.18. The second kappa shape index (κ2) is 7.74. The van der Waals surface area contributed by atoms with Gasteiger partial charge in [-0.15, -0.1) is 0 Å². The van der Waals surface area contributed by atoms with Crippen LogP contribution in [0.4, 0.5) is 17.1 Å². The maximum absolute atomic E-state index is 12.9. The van der Waals surface area contributed by atoms with Crippen LogP contribution in [-0.2, 0) is 0 Å². The summed E-state index contributed by atoms with van der Waals surface area (Å²) in [6, 6.07) is 3.68. The van der Waals surface area contributed by atoms with Crippen molar-refractivity contribution in [2.45, 2.75) is 51.0 Å². The molecule has 0 aromatic heterocycles. The molecule has 5 N–H and O–H groups in total. The van der Waals surface area contributed by atoms with Gasteiger partial charge in [-0.3, -0.25) is 4.79 Å². The number of nitrogens with one attached hydrogen (secondary N) is 2. The maximum Gasteiger partial charge on any atom is 0.253 e. The van der Waals surface area contributed by atoms with Crippen LogP contribution < -0.4 is 21.3 Å². The van der Waals surface area contributed by atoms with Gasteiger partial charge >= 0.3 is 0 Å². The normalized spacial score (nSPS) is 23.9. The predicted octanol–water partition coefficient (Wildman–Crippen LogP) is 2.58. The Hall–Kier alpha value is -1.95. The molecule has 3 rings (SSSR count). The average molecular weight is 361 g/mol. The first-order valence-electron chi connectivity index (χ1n) is 9.76. The van der Waals surface area contributed by atoms with Crippen molar-refractivity contribution in [2.75, 3.05) is 42.6 Å². The molecule has 6 heteroatoms. The van der Waals surface area contributed by atoms with E-state index in [1.807, 2.05) is 20.0 Å². The zero-order valence-corrected chi connectivity index (χ0v) is 16.0. The van der Waals surface area contributed by atoms with E-state index in [0.29, 0.717) is 30.1 Å². The van der Waals surface area contributed by atoms with Crippen molar-refractivity contribution in [1.82, 2.24) is 5.32 Å². The molecule has 144 valence electrons. The van der Waals surface area contributed by atoms with Crippen LogP contribution in [-0.4, -0.2) is 43.3 Å². The highest BCUT2D eigenvalue weighted by atomic mass is 16.3. The minimum Gasteiger partial charge on any atom is -0.397 e. The minimum atomic E-state index is -0.725. The Kier molecular flexibility index (Phi) is 5.61. The van der Waals surface area contributed by atoms with Crippen LogP contribution in [0.25, 0.3) is 0 Å². The quantitative estimate of drug-likeness (QED) is 0.606. The van der Waals surface area contributed by atoms with Gasteiger partial charge in [0.1, 0.15) is 0 Å². The zero-order valence-electron chi connectivity index (χ0n) is 16.0. The molecule has 1 aromatic carbocycles. The first-order chi connectivity index (χ1) is 12.4. The fourth-order valence-corrected chi connectivity index (χ4v) is 4.14. The number of anilines is 3. The zero-order chi connectivity index (χ0) is 18.7. The van der Waals surface area contributed by atoms with Gasteiger partial charge in [-0.05, 0) is 44.2 Å². The van der Waals surface area contributed by atoms with E-state index in [1.165, 1.54) is 32.1 Å². The van der Waals surface area contributed by atoms with Crippen LogP contribution in [0.5, 0.6) is 0 Å². The Balaban J connectivity index is 1.80. The van der Waals surface area contributed by atoms with Gasteiger partial charge in [-0.25, -0.2) is 0 Å². The molecular weight excluding hydrogens is 328 g/mol. The van der Waals surface area contributed by atoms with Crippen molar-refractivity contribution in [2.24, 2.45) is 5.92 Å². The van der Waals surface area contributed by atoms with Gasteiger partial charge in [0.2, 0.25) is 0 Å². The molecule has 2 aliphatic rings. The summed E-state index contributed by atoms with van der Waals surface area (Å²) in [7, 11) is 1.82. The molecule has 1 aliphatic carbocycles. The summed E-state index contributed by atoms with van der Waals surface area (Å²) in [6.07, 6.45) is 6.92. The van der Waals surface area contributed by atoms with E-state index >= 15 is 0 Å².